The highest BCUT2D eigenvalue weighted by molar-refractivity contribution is 7.92. The molecule has 1 aromatic carbocycles. The number of sulfone groups is 1. The van der Waals surface area contributed by atoms with Gasteiger partial charge in [0.15, 0.2) is 9.84 Å². The summed E-state index contributed by atoms with van der Waals surface area (Å²) in [7, 11) is -3.68. The van der Waals surface area contributed by atoms with E-state index in [1.807, 2.05) is 19.1 Å². The molecule has 5 nitrogen and oxygen atoms in total. The summed E-state index contributed by atoms with van der Waals surface area (Å²) < 4.78 is 44.3. The second-order valence-corrected chi connectivity index (χ2v) is 18.7. The van der Waals surface area contributed by atoms with Crippen LogP contribution in [0.3, 0.4) is 0 Å². The molecule has 0 amide bonds. The number of aliphatic hydroxyl groups excluding tert-OH is 1. The average Bonchev–Trinajstić information content (AvgIpc) is 3.30. The van der Waals surface area contributed by atoms with Crippen molar-refractivity contribution >= 4 is 15.6 Å². The topological polar surface area (TPSA) is 91.7 Å². The Balaban J connectivity index is 1.23. The molecular weight excluding hydrogens is 568 g/mol. The number of Topliss-reactive ketones (excluding diaryl/α,β-unsaturated/α-hetero) is 1. The van der Waals surface area contributed by atoms with Crippen LogP contribution in [0.25, 0.3) is 0 Å². The molecule has 4 aliphatic rings. The predicted molar refractivity (Wildman–Crippen MR) is 177 cm³/mol. The van der Waals surface area contributed by atoms with Gasteiger partial charge in [-0.2, -0.15) is 0 Å². The fraction of sp³-hybridized carbons (Fsp3) is 0.816. The first-order valence-electron chi connectivity index (χ1n) is 18.5. The van der Waals surface area contributed by atoms with Gasteiger partial charge in [-0.25, -0.2) is 8.42 Å². The van der Waals surface area contributed by atoms with Crippen LogP contribution < -0.4 is 0 Å². The molecule has 0 aliphatic heterocycles. The lowest BCUT2D eigenvalue weighted by Crippen LogP contribution is -2.62. The van der Waals surface area contributed by atoms with Crippen molar-refractivity contribution in [1.29, 1.82) is 0 Å². The Bertz CT molecular complexity index is 1370. The van der Waals surface area contributed by atoms with Gasteiger partial charge >= 0.3 is 0 Å². The van der Waals surface area contributed by atoms with E-state index in [2.05, 4.69) is 41.5 Å². The van der Waals surface area contributed by atoms with E-state index in [-0.39, 0.29) is 57.0 Å². The molecule has 4 fully saturated rings. The van der Waals surface area contributed by atoms with Crippen molar-refractivity contribution in [2.75, 3.05) is 5.75 Å². The van der Waals surface area contributed by atoms with Gasteiger partial charge in [0.2, 0.25) is 0 Å². The van der Waals surface area contributed by atoms with Crippen LogP contribution in [0, 0.1) is 52.3 Å². The fourth-order valence-electron chi connectivity index (χ4n) is 10.8. The van der Waals surface area contributed by atoms with Crippen LogP contribution in [0.1, 0.15) is 127 Å². The maximum atomic E-state index is 13.0. The maximum Gasteiger partial charge on any atom is 0.185 e. The van der Waals surface area contributed by atoms with Crippen LogP contribution >= 0.6 is 0 Å². The van der Waals surface area contributed by atoms with E-state index in [1.54, 1.807) is 12.1 Å². The lowest BCUT2D eigenvalue weighted by molar-refractivity contribution is -0.203. The van der Waals surface area contributed by atoms with Crippen molar-refractivity contribution in [3.63, 3.8) is 0 Å². The normalized spacial score (nSPS) is 42.7. The van der Waals surface area contributed by atoms with Gasteiger partial charge in [0.1, 0.15) is 11.5 Å². The van der Waals surface area contributed by atoms with E-state index in [0.717, 1.165) is 50.5 Å². The summed E-state index contributed by atoms with van der Waals surface area (Å²) in [5.74, 6) is -0.174. The Morgan fingerprint density at radius 1 is 1.02 bits per heavy atom. The van der Waals surface area contributed by atoms with Gasteiger partial charge in [-0.3, -0.25) is 4.79 Å². The van der Waals surface area contributed by atoms with E-state index < -0.39 is 40.1 Å². The van der Waals surface area contributed by atoms with Gasteiger partial charge < -0.3 is 10.2 Å². The monoisotopic (exact) mass is 630 g/mol. The minimum Gasteiger partial charge on any atom is -0.393 e. The summed E-state index contributed by atoms with van der Waals surface area (Å²) in [6.45, 7) is 15.0. The Morgan fingerprint density at radius 2 is 1.66 bits per heavy atom. The average molecular weight is 631 g/mol. The zero-order chi connectivity index (χ0) is 34.0. The van der Waals surface area contributed by atoms with E-state index in [1.165, 1.54) is 0 Å². The summed E-state index contributed by atoms with van der Waals surface area (Å²) in [4.78, 5) is 13.1. The van der Waals surface area contributed by atoms with Crippen LogP contribution in [0.2, 0.25) is 0 Å². The number of carbonyl (C=O) groups excluding carboxylic acids is 1. The molecule has 4 saturated carbocycles. The van der Waals surface area contributed by atoms with E-state index in [9.17, 15) is 24.8 Å². The highest BCUT2D eigenvalue weighted by Crippen LogP contribution is 2.69. The maximum absolute atomic E-state index is 13.0. The van der Waals surface area contributed by atoms with Gasteiger partial charge in [0.05, 0.1) is 18.5 Å². The van der Waals surface area contributed by atoms with Crippen molar-refractivity contribution in [2.24, 2.45) is 52.3 Å². The first-order chi connectivity index (χ1) is 21.2. The van der Waals surface area contributed by atoms with E-state index in [0.29, 0.717) is 24.7 Å². The molecule has 1 aromatic rings. The molecule has 6 heteroatoms. The first kappa shape index (κ1) is 31.4. The molecule has 0 bridgehead atoms. The highest BCUT2D eigenvalue weighted by Gasteiger charge is 2.64. The molecule has 2 N–H and O–H groups in total. The molecule has 0 heterocycles. The lowest BCUT2D eigenvalue weighted by Gasteiger charge is -2.64. The molecule has 5 rings (SSSR count). The Morgan fingerprint density at radius 3 is 2.30 bits per heavy atom. The second kappa shape index (κ2) is 12.4. The fourth-order valence-corrected chi connectivity index (χ4v) is 12.1. The van der Waals surface area contributed by atoms with Gasteiger partial charge in [-0.05, 0) is 127 Å². The molecule has 0 saturated heterocycles. The largest absolute Gasteiger partial charge is 0.393 e. The number of carbonyl (C=O) groups is 1. The minimum absolute atomic E-state index is 0.0165. The smallest absolute Gasteiger partial charge is 0.185 e. The number of ketones is 1. The van der Waals surface area contributed by atoms with Crippen molar-refractivity contribution < 1.29 is 26.2 Å². The zero-order valence-corrected chi connectivity index (χ0v) is 29.1. The van der Waals surface area contributed by atoms with Crippen LogP contribution in [-0.4, -0.2) is 42.4 Å². The molecule has 4 aliphatic carbocycles. The summed E-state index contributed by atoms with van der Waals surface area (Å²) in [6, 6.07) is 6.91. The highest BCUT2D eigenvalue weighted by atomic mass is 32.2. The summed E-state index contributed by atoms with van der Waals surface area (Å²) in [5.41, 5.74) is 0.886. The third kappa shape index (κ3) is 6.10. The van der Waals surface area contributed by atoms with Gasteiger partial charge in [0.25, 0.3) is 0 Å². The third-order valence-corrected chi connectivity index (χ3v) is 15.0. The predicted octanol–water partition coefficient (Wildman–Crippen LogP) is 7.76. The number of fused-ring (bicyclic) bond motifs is 5. The minimum atomic E-state index is -3.68. The number of hydrogen-bond acceptors (Lipinski definition) is 5. The van der Waals surface area contributed by atoms with E-state index in [4.69, 9.17) is 1.37 Å². The molecule has 12 atom stereocenters. The molecule has 4 unspecified atom stereocenters. The molecule has 44 heavy (non-hydrogen) atoms. The first-order valence-corrected chi connectivity index (χ1v) is 19.1. The van der Waals surface area contributed by atoms with Gasteiger partial charge in [-0.1, -0.05) is 73.4 Å². The van der Waals surface area contributed by atoms with E-state index >= 15 is 0 Å². The van der Waals surface area contributed by atoms with Crippen LogP contribution in [0.15, 0.2) is 29.2 Å². The SMILES string of the molecule is [2H]C(C)[C@@H]1[C@@H]2C[C@H](O)CC[C@]2(C)C2CC[C@@]3(C)C(CC[C@@H]3[C@H](C)CCCC(=O)CS(=O)(=O)c3ccc(C(C)(C)C)cc3)C2[C@]1([2H])O. The second-order valence-electron chi connectivity index (χ2n) is 16.7. The molecule has 0 radical (unpaired) electrons. The Kier molecular flexibility index (Phi) is 8.85. The van der Waals surface area contributed by atoms with Crippen LogP contribution in [-0.2, 0) is 20.0 Å². The Hall–Kier alpha value is -1.24. The van der Waals surface area contributed by atoms with Crippen LogP contribution in [0.5, 0.6) is 0 Å². The van der Waals surface area contributed by atoms with Gasteiger partial charge in [-0.15, -0.1) is 0 Å². The molecule has 0 spiro atoms. The van der Waals surface area contributed by atoms with Crippen molar-refractivity contribution in [3.8, 4) is 0 Å². The summed E-state index contributed by atoms with van der Waals surface area (Å²) in [5, 5.41) is 22.7. The van der Waals surface area contributed by atoms with Crippen molar-refractivity contribution in [1.82, 2.24) is 0 Å². The molecule has 248 valence electrons. The summed E-state index contributed by atoms with van der Waals surface area (Å²) >= 11 is 0. The quantitative estimate of drug-likeness (QED) is 0.291. The standard InChI is InChI=1S/C38H60O5S/c1-8-29-33-22-26(39)18-20-38(33,7)32-19-21-37(6)30(16-17-31(37)34(32)35(29)41)24(2)10-9-11-27(40)23-44(42,43)28-14-12-25(13-15-28)36(3,4)5/h12-15,24,26,29-35,39,41H,8-11,16-23H2,1-7H3/t24-,26-,29-,30-,31?,32?,33+,34?,35-,37-,38-/m1/s1/i8D,35D/t8?,24-,26-,29-,30-,31?,32?,33+,34?,35-,37-,38-. The Labute approximate surface area is 270 Å². The van der Waals surface area contributed by atoms with Crippen molar-refractivity contribution in [2.45, 2.75) is 142 Å². The number of benzene rings is 1. The number of hydrogen-bond donors (Lipinski definition) is 2. The number of aliphatic hydroxyl groups is 2. The third-order valence-electron chi connectivity index (χ3n) is 13.3. The summed E-state index contributed by atoms with van der Waals surface area (Å²) in [6.07, 6.45) is 5.35. The zero-order valence-electron chi connectivity index (χ0n) is 30.3. The lowest BCUT2D eigenvalue weighted by atomic mass is 9.41. The molecular formula is C38H60O5S. The van der Waals surface area contributed by atoms with Gasteiger partial charge in [0, 0.05) is 7.79 Å². The van der Waals surface area contributed by atoms with Crippen molar-refractivity contribution in [3.05, 3.63) is 29.8 Å². The molecule has 0 aromatic heterocycles. The van der Waals surface area contributed by atoms with Crippen LogP contribution in [0.4, 0.5) is 0 Å². The number of rotatable bonds is 9.